The molecule has 0 aromatic heterocycles. The molecule has 43 heavy (non-hydrogen) atoms. The summed E-state index contributed by atoms with van der Waals surface area (Å²) in [6.45, 7) is 9.60. The van der Waals surface area contributed by atoms with Gasteiger partial charge in [-0.1, -0.05) is 0 Å². The van der Waals surface area contributed by atoms with Crippen molar-refractivity contribution >= 4 is 6.48 Å². The Labute approximate surface area is 278 Å². The minimum atomic E-state index is -2.17. The van der Waals surface area contributed by atoms with Crippen LogP contribution in [-0.4, -0.2) is 3.21 Å². The summed E-state index contributed by atoms with van der Waals surface area (Å²) in [5.74, 6) is 0. The first kappa shape index (κ1) is 32.1. The Balaban J connectivity index is 0.00000184. The largest absolute Gasteiger partial charge is 1.00 e. The molecule has 1 fully saturated rings. The summed E-state index contributed by atoms with van der Waals surface area (Å²) in [4.78, 5) is 0. The summed E-state index contributed by atoms with van der Waals surface area (Å²) in [7, 11) is 0. The second kappa shape index (κ2) is 12.6. The summed E-state index contributed by atoms with van der Waals surface area (Å²) in [6.07, 6.45) is 13.5. The molecule has 0 heterocycles. The van der Waals surface area contributed by atoms with Crippen molar-refractivity contribution in [2.75, 3.05) is 0 Å². The van der Waals surface area contributed by atoms with Crippen molar-refractivity contribution in [2.45, 2.75) is 70.6 Å². The Bertz CT molecular complexity index is 1730. The molecule has 0 saturated heterocycles. The maximum Gasteiger partial charge on any atom is -1.00 e. The number of halogens is 2. The van der Waals surface area contributed by atoms with E-state index in [4.69, 9.17) is 0 Å². The first-order valence-electron chi connectivity index (χ1n) is 15.3. The molecule has 4 aromatic rings. The molecular formula is C40H40Cl2Zr. The molecule has 0 bridgehead atoms. The molecule has 0 nitrogen and oxygen atoms in total. The van der Waals surface area contributed by atoms with Gasteiger partial charge in [0.2, 0.25) is 0 Å². The Morgan fingerprint density at radius 2 is 1.23 bits per heavy atom. The molecule has 0 amide bonds. The van der Waals surface area contributed by atoms with Crippen molar-refractivity contribution in [3.05, 3.63) is 146 Å². The average molecular weight is 683 g/mol. The van der Waals surface area contributed by atoms with Gasteiger partial charge in [0.25, 0.3) is 0 Å². The van der Waals surface area contributed by atoms with Gasteiger partial charge in [0, 0.05) is 0 Å². The first-order valence-corrected chi connectivity index (χ1v) is 19.0. The fraction of sp³-hybridized carbons (Fsp3) is 0.275. The summed E-state index contributed by atoms with van der Waals surface area (Å²) in [5.41, 5.74) is 11.7. The van der Waals surface area contributed by atoms with Crippen LogP contribution < -0.4 is 28.1 Å². The quantitative estimate of drug-likeness (QED) is 0.258. The van der Waals surface area contributed by atoms with Crippen molar-refractivity contribution in [3.8, 4) is 11.1 Å². The summed E-state index contributed by atoms with van der Waals surface area (Å²) in [5, 5.41) is 0. The van der Waals surface area contributed by atoms with E-state index >= 15 is 0 Å². The number of fused-ring (bicyclic) bond motifs is 3. The maximum absolute atomic E-state index is 2.69. The van der Waals surface area contributed by atoms with Gasteiger partial charge >= 0.3 is 255 Å². The first-order chi connectivity index (χ1) is 19.8. The number of rotatable bonds is 6. The van der Waals surface area contributed by atoms with Gasteiger partial charge in [-0.15, -0.1) is 0 Å². The minimum Gasteiger partial charge on any atom is -1.00 e. The van der Waals surface area contributed by atoms with Crippen LogP contribution in [0.25, 0.3) is 11.1 Å². The molecule has 218 valence electrons. The van der Waals surface area contributed by atoms with Gasteiger partial charge in [0.15, 0.2) is 0 Å². The molecule has 0 unspecified atom stereocenters. The van der Waals surface area contributed by atoms with Gasteiger partial charge in [-0.05, 0) is 0 Å². The van der Waals surface area contributed by atoms with Crippen molar-refractivity contribution in [1.29, 1.82) is 0 Å². The topological polar surface area (TPSA) is 0 Å². The molecule has 0 atom stereocenters. The number of hydrogen-bond acceptors (Lipinski definition) is 0. The fourth-order valence-corrected chi connectivity index (χ4v) is 15.6. The van der Waals surface area contributed by atoms with Gasteiger partial charge in [0.1, 0.15) is 0 Å². The predicted octanol–water partition coefficient (Wildman–Crippen LogP) is 3.36. The van der Waals surface area contributed by atoms with Gasteiger partial charge in [-0.2, -0.15) is 0 Å². The molecule has 0 N–H and O–H groups in total. The third-order valence-electron chi connectivity index (χ3n) is 10.1. The van der Waals surface area contributed by atoms with Crippen molar-refractivity contribution in [3.63, 3.8) is 0 Å². The van der Waals surface area contributed by atoms with Gasteiger partial charge < -0.3 is 24.8 Å². The summed E-state index contributed by atoms with van der Waals surface area (Å²) in [6, 6.07) is 34.8. The third kappa shape index (κ3) is 5.67. The standard InChI is InChI=1S/C31H29.C5H5.C4H6.2ClH.Zr/c1-30(2,24-11-7-5-8-12-24)26-17-15-22-19-23-16-18-27(21-29(23)28(22)20-26)31(3,4)25-13-9-6-10-14-25;1-2-4-5-3-1;1-2-4-3-1;;;/h5-15,17-18,20-21H,19H2,1-4H3;1-3H,4H2;1-3H2;2*1H;/q;;;;;+2/p-2. The van der Waals surface area contributed by atoms with E-state index in [0.717, 1.165) is 6.42 Å². The van der Waals surface area contributed by atoms with Crippen LogP contribution in [-0.2, 0) is 38.5 Å². The molecule has 0 spiro atoms. The van der Waals surface area contributed by atoms with Crippen molar-refractivity contribution in [2.24, 2.45) is 0 Å². The van der Waals surface area contributed by atoms with Gasteiger partial charge in [-0.3, -0.25) is 0 Å². The van der Waals surface area contributed by atoms with Crippen LogP contribution in [0.2, 0.25) is 0 Å². The van der Waals surface area contributed by atoms with Crippen LogP contribution >= 0.6 is 0 Å². The molecule has 4 aromatic carbocycles. The second-order valence-corrected chi connectivity index (χ2v) is 19.7. The Morgan fingerprint density at radius 3 is 1.79 bits per heavy atom. The van der Waals surface area contributed by atoms with Crippen LogP contribution in [0.3, 0.4) is 0 Å². The minimum absolute atomic E-state index is 0. The van der Waals surface area contributed by atoms with Crippen LogP contribution in [0.15, 0.2) is 113 Å². The van der Waals surface area contributed by atoms with E-state index in [0.29, 0.717) is 0 Å². The zero-order chi connectivity index (χ0) is 28.2. The van der Waals surface area contributed by atoms with E-state index in [1.54, 1.807) is 12.1 Å². The number of allylic oxidation sites excluding steroid dienone is 4. The second-order valence-electron chi connectivity index (χ2n) is 13.2. The molecular weight excluding hydrogens is 643 g/mol. The molecule has 3 aliphatic rings. The van der Waals surface area contributed by atoms with Crippen LogP contribution in [0, 0.1) is 0 Å². The summed E-state index contributed by atoms with van der Waals surface area (Å²) < 4.78 is 5.47. The van der Waals surface area contributed by atoms with E-state index in [-0.39, 0.29) is 35.6 Å². The van der Waals surface area contributed by atoms with Gasteiger partial charge in [-0.25, -0.2) is 0 Å². The maximum atomic E-state index is 2.69. The molecule has 0 aliphatic heterocycles. The molecule has 3 aliphatic carbocycles. The fourth-order valence-electron chi connectivity index (χ4n) is 7.12. The van der Waals surface area contributed by atoms with E-state index in [1.807, 2.05) is 3.21 Å². The van der Waals surface area contributed by atoms with Crippen LogP contribution in [0.4, 0.5) is 0 Å². The molecule has 7 rings (SSSR count). The zero-order valence-corrected chi connectivity index (χ0v) is 29.7. The van der Waals surface area contributed by atoms with Crippen molar-refractivity contribution in [1.82, 2.24) is 0 Å². The van der Waals surface area contributed by atoms with E-state index < -0.39 is 21.3 Å². The SMILES string of the molecule is CC(C)(c1ccccc1)c1ccc2c(c1)-c1cc(C(C)(C)c3ccccc3)c[c]([Zr+2]([C]3=CC=CC3)=[C]3CCC3)c1C2.[Cl-].[Cl-]. The Hall–Kier alpha value is -2.31. The molecule has 3 heteroatoms. The van der Waals surface area contributed by atoms with Crippen LogP contribution in [0.1, 0.15) is 86.8 Å². The Morgan fingerprint density at radius 1 is 0.628 bits per heavy atom. The summed E-state index contributed by atoms with van der Waals surface area (Å²) >= 11 is -2.17. The zero-order valence-electron chi connectivity index (χ0n) is 25.7. The monoisotopic (exact) mass is 680 g/mol. The number of hydrogen-bond donors (Lipinski definition) is 0. The van der Waals surface area contributed by atoms with E-state index in [9.17, 15) is 0 Å². The van der Waals surface area contributed by atoms with Crippen molar-refractivity contribution < 1.29 is 46.1 Å². The smallest absolute Gasteiger partial charge is 1.00 e. The molecule has 1 saturated carbocycles. The van der Waals surface area contributed by atoms with Crippen LogP contribution in [0.5, 0.6) is 0 Å². The molecule has 0 radical (unpaired) electrons. The average Bonchev–Trinajstić information content (AvgIpc) is 3.63. The van der Waals surface area contributed by atoms with E-state index in [2.05, 4.69) is 137 Å². The third-order valence-corrected chi connectivity index (χ3v) is 18.0. The van der Waals surface area contributed by atoms with Gasteiger partial charge in [0.05, 0.1) is 0 Å². The normalized spacial score (nSPS) is 14.9. The predicted molar refractivity (Wildman–Crippen MR) is 172 cm³/mol. The van der Waals surface area contributed by atoms with E-state index in [1.165, 1.54) is 64.6 Å². The Kier molecular flexibility index (Phi) is 9.40. The number of benzene rings is 4.